The second-order valence-electron chi connectivity index (χ2n) is 6.72. The molecule has 114 valence electrons. The first kappa shape index (κ1) is 17.0. The van der Waals surface area contributed by atoms with Crippen molar-refractivity contribution >= 4 is 9.84 Å². The molecule has 0 aromatic rings. The standard InChI is InChI=1S/C15H31NO2S/c1-5-13(4)8-15(10-16-9-12(2)3)14-6-7-19(17,18)11-14/h12-16H,5-11H2,1-4H3. The first-order chi connectivity index (χ1) is 8.84. The summed E-state index contributed by atoms with van der Waals surface area (Å²) in [6, 6.07) is 0. The van der Waals surface area contributed by atoms with Gasteiger partial charge >= 0.3 is 0 Å². The normalized spacial score (nSPS) is 25.6. The third-order valence-electron chi connectivity index (χ3n) is 4.30. The molecule has 19 heavy (non-hydrogen) atoms. The van der Waals surface area contributed by atoms with Crippen LogP contribution in [0.5, 0.6) is 0 Å². The highest BCUT2D eigenvalue weighted by Gasteiger charge is 2.33. The number of hydrogen-bond acceptors (Lipinski definition) is 3. The first-order valence-corrected chi connectivity index (χ1v) is 9.57. The van der Waals surface area contributed by atoms with Crippen molar-refractivity contribution in [3.05, 3.63) is 0 Å². The maximum atomic E-state index is 11.7. The molecule has 0 amide bonds. The molecule has 1 rings (SSSR count). The number of hydrogen-bond donors (Lipinski definition) is 1. The van der Waals surface area contributed by atoms with Gasteiger partial charge in [-0.2, -0.15) is 0 Å². The van der Waals surface area contributed by atoms with Crippen LogP contribution in [0.15, 0.2) is 0 Å². The van der Waals surface area contributed by atoms with E-state index in [1.807, 2.05) is 0 Å². The van der Waals surface area contributed by atoms with Crippen molar-refractivity contribution in [1.29, 1.82) is 0 Å². The van der Waals surface area contributed by atoms with Gasteiger partial charge in [-0.3, -0.25) is 0 Å². The largest absolute Gasteiger partial charge is 0.316 e. The summed E-state index contributed by atoms with van der Waals surface area (Å²) in [5.41, 5.74) is 0. The van der Waals surface area contributed by atoms with Gasteiger partial charge in [-0.15, -0.1) is 0 Å². The van der Waals surface area contributed by atoms with Crippen LogP contribution in [0.4, 0.5) is 0 Å². The van der Waals surface area contributed by atoms with E-state index >= 15 is 0 Å². The Hall–Kier alpha value is -0.0900. The Morgan fingerprint density at radius 2 is 1.89 bits per heavy atom. The van der Waals surface area contributed by atoms with E-state index in [0.717, 1.165) is 25.9 Å². The van der Waals surface area contributed by atoms with Crippen LogP contribution in [0.3, 0.4) is 0 Å². The molecule has 0 spiro atoms. The van der Waals surface area contributed by atoms with E-state index < -0.39 is 9.84 Å². The lowest BCUT2D eigenvalue weighted by Gasteiger charge is -2.26. The molecular formula is C15H31NO2S. The Labute approximate surface area is 119 Å². The number of sulfone groups is 1. The molecule has 1 heterocycles. The Bertz CT molecular complexity index is 351. The van der Waals surface area contributed by atoms with Crippen molar-refractivity contribution in [2.75, 3.05) is 24.6 Å². The molecule has 3 unspecified atom stereocenters. The third-order valence-corrected chi connectivity index (χ3v) is 6.09. The molecule has 0 aliphatic carbocycles. The van der Waals surface area contributed by atoms with Crippen molar-refractivity contribution in [1.82, 2.24) is 5.32 Å². The fourth-order valence-corrected chi connectivity index (χ4v) is 4.80. The predicted molar refractivity (Wildman–Crippen MR) is 82.0 cm³/mol. The zero-order chi connectivity index (χ0) is 14.5. The fourth-order valence-electron chi connectivity index (χ4n) is 2.88. The average molecular weight is 289 g/mol. The molecule has 1 saturated heterocycles. The minimum atomic E-state index is -2.75. The van der Waals surface area contributed by atoms with Gasteiger partial charge in [-0.05, 0) is 49.6 Å². The van der Waals surface area contributed by atoms with Crippen molar-refractivity contribution in [3.8, 4) is 0 Å². The first-order valence-electron chi connectivity index (χ1n) is 7.75. The predicted octanol–water partition coefficient (Wildman–Crippen LogP) is 2.72. The van der Waals surface area contributed by atoms with E-state index in [1.54, 1.807) is 0 Å². The zero-order valence-electron chi connectivity index (χ0n) is 13.0. The van der Waals surface area contributed by atoms with E-state index in [4.69, 9.17) is 0 Å². The van der Waals surface area contributed by atoms with Crippen LogP contribution >= 0.6 is 0 Å². The van der Waals surface area contributed by atoms with E-state index in [9.17, 15) is 8.42 Å². The van der Waals surface area contributed by atoms with Crippen LogP contribution in [0, 0.1) is 23.7 Å². The summed E-state index contributed by atoms with van der Waals surface area (Å²) < 4.78 is 23.3. The van der Waals surface area contributed by atoms with E-state index in [1.165, 1.54) is 6.42 Å². The fraction of sp³-hybridized carbons (Fsp3) is 1.00. The molecular weight excluding hydrogens is 258 g/mol. The average Bonchev–Trinajstić information content (AvgIpc) is 2.67. The minimum Gasteiger partial charge on any atom is -0.316 e. The smallest absolute Gasteiger partial charge is 0.150 e. The van der Waals surface area contributed by atoms with Crippen LogP contribution in [-0.2, 0) is 9.84 Å². The van der Waals surface area contributed by atoms with E-state index in [0.29, 0.717) is 35.2 Å². The van der Waals surface area contributed by atoms with Crippen LogP contribution in [-0.4, -0.2) is 33.0 Å². The molecule has 1 N–H and O–H groups in total. The second kappa shape index (κ2) is 7.63. The number of rotatable bonds is 8. The van der Waals surface area contributed by atoms with Crippen molar-refractivity contribution < 1.29 is 8.42 Å². The molecule has 0 aromatic heterocycles. The number of nitrogens with one attached hydrogen (secondary N) is 1. The van der Waals surface area contributed by atoms with Gasteiger partial charge in [0.1, 0.15) is 0 Å². The highest BCUT2D eigenvalue weighted by atomic mass is 32.2. The summed E-state index contributed by atoms with van der Waals surface area (Å²) in [7, 11) is -2.75. The molecule has 4 heteroatoms. The van der Waals surface area contributed by atoms with Gasteiger partial charge in [0.05, 0.1) is 11.5 Å². The molecule has 3 nitrogen and oxygen atoms in total. The maximum Gasteiger partial charge on any atom is 0.150 e. The molecule has 1 aliphatic heterocycles. The highest BCUT2D eigenvalue weighted by molar-refractivity contribution is 7.91. The lowest BCUT2D eigenvalue weighted by atomic mass is 9.83. The summed E-state index contributed by atoms with van der Waals surface area (Å²) in [5.74, 6) is 3.05. The van der Waals surface area contributed by atoms with Gasteiger partial charge < -0.3 is 5.32 Å². The lowest BCUT2D eigenvalue weighted by molar-refractivity contribution is 0.277. The van der Waals surface area contributed by atoms with Crippen molar-refractivity contribution in [2.24, 2.45) is 23.7 Å². The summed E-state index contributed by atoms with van der Waals surface area (Å²) in [6.45, 7) is 10.9. The van der Waals surface area contributed by atoms with Gasteiger partial charge in [0.15, 0.2) is 9.84 Å². The van der Waals surface area contributed by atoms with Gasteiger partial charge in [-0.1, -0.05) is 34.1 Å². The van der Waals surface area contributed by atoms with E-state index in [-0.39, 0.29) is 0 Å². The second-order valence-corrected chi connectivity index (χ2v) is 8.95. The van der Waals surface area contributed by atoms with Gasteiger partial charge in [0.2, 0.25) is 0 Å². The molecule has 0 saturated carbocycles. The molecule has 0 radical (unpaired) electrons. The monoisotopic (exact) mass is 289 g/mol. The van der Waals surface area contributed by atoms with Gasteiger partial charge in [0, 0.05) is 0 Å². The van der Waals surface area contributed by atoms with Gasteiger partial charge in [0.25, 0.3) is 0 Å². The SMILES string of the molecule is CCC(C)CC(CNCC(C)C)C1CCS(=O)(=O)C1. The summed E-state index contributed by atoms with van der Waals surface area (Å²) in [4.78, 5) is 0. The Morgan fingerprint density at radius 3 is 2.37 bits per heavy atom. The van der Waals surface area contributed by atoms with Crippen LogP contribution in [0.25, 0.3) is 0 Å². The van der Waals surface area contributed by atoms with Crippen LogP contribution in [0.2, 0.25) is 0 Å². The third kappa shape index (κ3) is 6.26. The quantitative estimate of drug-likeness (QED) is 0.747. The summed E-state index contributed by atoms with van der Waals surface area (Å²) in [6.07, 6.45) is 3.20. The van der Waals surface area contributed by atoms with Crippen LogP contribution < -0.4 is 5.32 Å². The molecule has 3 atom stereocenters. The Balaban J connectivity index is 2.54. The van der Waals surface area contributed by atoms with Crippen molar-refractivity contribution in [3.63, 3.8) is 0 Å². The molecule has 0 bridgehead atoms. The van der Waals surface area contributed by atoms with Gasteiger partial charge in [-0.25, -0.2) is 8.42 Å². The Morgan fingerprint density at radius 1 is 1.21 bits per heavy atom. The highest BCUT2D eigenvalue weighted by Crippen LogP contribution is 2.30. The Kier molecular flexibility index (Phi) is 6.81. The topological polar surface area (TPSA) is 46.2 Å². The maximum absolute atomic E-state index is 11.7. The van der Waals surface area contributed by atoms with Crippen molar-refractivity contribution in [2.45, 2.75) is 47.0 Å². The summed E-state index contributed by atoms with van der Waals surface area (Å²) >= 11 is 0. The van der Waals surface area contributed by atoms with E-state index in [2.05, 4.69) is 33.0 Å². The molecule has 1 fully saturated rings. The summed E-state index contributed by atoms with van der Waals surface area (Å²) in [5, 5.41) is 3.52. The van der Waals surface area contributed by atoms with Crippen LogP contribution in [0.1, 0.15) is 47.0 Å². The molecule has 1 aliphatic rings. The minimum absolute atomic E-state index is 0.374. The molecule has 0 aromatic carbocycles. The lowest BCUT2D eigenvalue weighted by Crippen LogP contribution is -2.32. The zero-order valence-corrected chi connectivity index (χ0v) is 13.8.